The van der Waals surface area contributed by atoms with Gasteiger partial charge in [0.1, 0.15) is 5.01 Å². The Morgan fingerprint density at radius 3 is 2.93 bits per heavy atom. The second-order valence-corrected chi connectivity index (χ2v) is 4.18. The van der Waals surface area contributed by atoms with E-state index in [2.05, 4.69) is 4.98 Å². The van der Waals surface area contributed by atoms with Crippen LogP contribution in [0.3, 0.4) is 0 Å². The van der Waals surface area contributed by atoms with Crippen molar-refractivity contribution in [2.75, 3.05) is 20.6 Å². The summed E-state index contributed by atoms with van der Waals surface area (Å²) in [7, 11) is 3.49. The fraction of sp³-hybridized carbons (Fsp3) is 0.556. The fourth-order valence-electron chi connectivity index (χ4n) is 0.980. The zero-order chi connectivity index (χ0) is 10.6. The average molecular weight is 213 g/mol. The maximum absolute atomic E-state index is 11.3. The molecule has 4 nitrogen and oxygen atoms in total. The van der Waals surface area contributed by atoms with E-state index in [1.165, 1.54) is 11.3 Å². The number of rotatable bonds is 4. The van der Waals surface area contributed by atoms with Gasteiger partial charge in [0.15, 0.2) is 0 Å². The Kier molecular flexibility index (Phi) is 4.03. The van der Waals surface area contributed by atoms with Gasteiger partial charge in [-0.25, -0.2) is 4.98 Å². The number of nitrogens with two attached hydrogens (primary N) is 1. The van der Waals surface area contributed by atoms with Crippen LogP contribution in [0.15, 0.2) is 5.38 Å². The topological polar surface area (TPSA) is 59.2 Å². The minimum Gasteiger partial charge on any atom is -0.348 e. The van der Waals surface area contributed by atoms with Gasteiger partial charge in [-0.05, 0) is 6.54 Å². The summed E-state index contributed by atoms with van der Waals surface area (Å²) in [4.78, 5) is 17.2. The monoisotopic (exact) mass is 213 g/mol. The molecule has 1 amide bonds. The summed E-state index contributed by atoms with van der Waals surface area (Å²) in [6.07, 6.45) is 1.18. The smallest absolute Gasteiger partial charge is 0.228 e. The minimum atomic E-state index is 0.0821. The molecule has 1 aromatic rings. The Labute approximate surface area is 87.7 Å². The molecule has 0 saturated carbocycles. The summed E-state index contributed by atoms with van der Waals surface area (Å²) in [5.74, 6) is 0.0821. The van der Waals surface area contributed by atoms with Crippen molar-refractivity contribution in [3.05, 3.63) is 16.1 Å². The Bertz CT molecular complexity index is 309. The molecule has 0 aliphatic rings. The second-order valence-electron chi connectivity index (χ2n) is 3.24. The number of amides is 1. The van der Waals surface area contributed by atoms with E-state index in [9.17, 15) is 4.79 Å². The van der Waals surface area contributed by atoms with Crippen molar-refractivity contribution in [3.63, 3.8) is 0 Å². The van der Waals surface area contributed by atoms with Crippen LogP contribution in [0, 0.1) is 0 Å². The first kappa shape index (κ1) is 11.1. The molecule has 2 N–H and O–H groups in total. The lowest BCUT2D eigenvalue weighted by atomic mass is 10.3. The number of nitrogens with zero attached hydrogens (tertiary/aromatic N) is 2. The van der Waals surface area contributed by atoms with Crippen LogP contribution in [0.2, 0.25) is 0 Å². The first-order valence-corrected chi connectivity index (χ1v) is 5.35. The number of carbonyl (C=O) groups excluding carboxylic acids is 1. The summed E-state index contributed by atoms with van der Waals surface area (Å²) in [5, 5.41) is 2.83. The molecule has 0 aliphatic carbocycles. The molecule has 14 heavy (non-hydrogen) atoms. The summed E-state index contributed by atoms with van der Waals surface area (Å²) in [5.41, 5.74) is 6.39. The number of hydrogen-bond donors (Lipinski definition) is 1. The number of thiazole rings is 1. The van der Waals surface area contributed by atoms with Crippen LogP contribution in [0.25, 0.3) is 0 Å². The molecule has 0 unspecified atom stereocenters. The van der Waals surface area contributed by atoms with Gasteiger partial charge in [-0.15, -0.1) is 11.3 Å². The molecule has 1 aromatic heterocycles. The Morgan fingerprint density at radius 2 is 2.36 bits per heavy atom. The van der Waals surface area contributed by atoms with Gasteiger partial charge in [0.25, 0.3) is 0 Å². The minimum absolute atomic E-state index is 0.0821. The molecule has 1 heterocycles. The molecular weight excluding hydrogens is 198 g/mol. The highest BCUT2D eigenvalue weighted by Gasteiger charge is 2.08. The largest absolute Gasteiger partial charge is 0.348 e. The maximum Gasteiger partial charge on any atom is 0.228 e. The Morgan fingerprint density at radius 1 is 1.64 bits per heavy atom. The van der Waals surface area contributed by atoms with Gasteiger partial charge in [-0.2, -0.15) is 0 Å². The second kappa shape index (κ2) is 5.07. The molecule has 0 atom stereocenters. The lowest BCUT2D eigenvalue weighted by Crippen LogP contribution is -2.23. The molecule has 0 spiro atoms. The van der Waals surface area contributed by atoms with Crippen LogP contribution >= 0.6 is 11.3 Å². The van der Waals surface area contributed by atoms with Crippen LogP contribution in [-0.2, 0) is 17.6 Å². The maximum atomic E-state index is 11.3. The highest BCUT2D eigenvalue weighted by molar-refractivity contribution is 7.09. The van der Waals surface area contributed by atoms with Crippen LogP contribution < -0.4 is 5.73 Å². The van der Waals surface area contributed by atoms with Crippen molar-refractivity contribution in [1.29, 1.82) is 0 Å². The van der Waals surface area contributed by atoms with E-state index in [1.807, 2.05) is 5.38 Å². The van der Waals surface area contributed by atoms with E-state index in [0.29, 0.717) is 13.0 Å². The zero-order valence-corrected chi connectivity index (χ0v) is 9.30. The van der Waals surface area contributed by atoms with E-state index >= 15 is 0 Å². The molecule has 5 heteroatoms. The van der Waals surface area contributed by atoms with E-state index < -0.39 is 0 Å². The van der Waals surface area contributed by atoms with Crippen LogP contribution in [0.1, 0.15) is 10.7 Å². The van der Waals surface area contributed by atoms with Crippen molar-refractivity contribution in [1.82, 2.24) is 9.88 Å². The molecule has 0 saturated heterocycles. The van der Waals surface area contributed by atoms with Gasteiger partial charge < -0.3 is 10.6 Å². The molecule has 0 fully saturated rings. The van der Waals surface area contributed by atoms with E-state index in [4.69, 9.17) is 5.73 Å². The van der Waals surface area contributed by atoms with Crippen molar-refractivity contribution < 1.29 is 4.79 Å². The van der Waals surface area contributed by atoms with Gasteiger partial charge >= 0.3 is 0 Å². The molecule has 78 valence electrons. The molecule has 0 radical (unpaired) electrons. The van der Waals surface area contributed by atoms with Gasteiger partial charge in [-0.3, -0.25) is 4.79 Å². The van der Waals surface area contributed by atoms with Crippen LogP contribution in [0.5, 0.6) is 0 Å². The van der Waals surface area contributed by atoms with Crippen LogP contribution in [-0.4, -0.2) is 36.4 Å². The van der Waals surface area contributed by atoms with Crippen molar-refractivity contribution >= 4 is 17.2 Å². The molecule has 0 bridgehead atoms. The SMILES string of the molecule is CN(C)C(=O)Cc1nc(CCN)cs1. The first-order valence-electron chi connectivity index (χ1n) is 4.47. The third-order valence-electron chi connectivity index (χ3n) is 1.80. The molecule has 1 rings (SSSR count). The zero-order valence-electron chi connectivity index (χ0n) is 8.49. The quantitative estimate of drug-likeness (QED) is 0.781. The summed E-state index contributed by atoms with van der Waals surface area (Å²) >= 11 is 1.52. The highest BCUT2D eigenvalue weighted by atomic mass is 32.1. The summed E-state index contributed by atoms with van der Waals surface area (Å²) in [6, 6.07) is 0. The lowest BCUT2D eigenvalue weighted by Gasteiger charge is -2.07. The van der Waals surface area contributed by atoms with Crippen molar-refractivity contribution in [3.8, 4) is 0 Å². The average Bonchev–Trinajstić information content (AvgIpc) is 2.53. The van der Waals surface area contributed by atoms with Gasteiger partial charge in [0.05, 0.1) is 12.1 Å². The van der Waals surface area contributed by atoms with E-state index in [-0.39, 0.29) is 5.91 Å². The normalized spacial score (nSPS) is 10.2. The summed E-state index contributed by atoms with van der Waals surface area (Å²) < 4.78 is 0. The number of carbonyl (C=O) groups is 1. The highest BCUT2D eigenvalue weighted by Crippen LogP contribution is 2.11. The predicted octanol–water partition coefficient (Wildman–Crippen LogP) is 0.275. The van der Waals surface area contributed by atoms with E-state index in [1.54, 1.807) is 19.0 Å². The predicted molar refractivity (Wildman–Crippen MR) is 57.3 cm³/mol. The van der Waals surface area contributed by atoms with Crippen LogP contribution in [0.4, 0.5) is 0 Å². The fourth-order valence-corrected chi connectivity index (χ4v) is 1.80. The van der Waals surface area contributed by atoms with Gasteiger partial charge in [0, 0.05) is 25.9 Å². The molecule has 0 aromatic carbocycles. The lowest BCUT2D eigenvalue weighted by molar-refractivity contribution is -0.127. The van der Waals surface area contributed by atoms with Gasteiger partial charge in [-0.1, -0.05) is 0 Å². The summed E-state index contributed by atoms with van der Waals surface area (Å²) in [6.45, 7) is 0.602. The van der Waals surface area contributed by atoms with Crippen molar-refractivity contribution in [2.24, 2.45) is 5.73 Å². The van der Waals surface area contributed by atoms with Crippen molar-refractivity contribution in [2.45, 2.75) is 12.8 Å². The van der Waals surface area contributed by atoms with E-state index in [0.717, 1.165) is 17.1 Å². The molecular formula is C9H15N3OS. The standard InChI is InChI=1S/C9H15N3OS/c1-12(2)9(13)5-8-11-7(3-4-10)6-14-8/h6H,3-5,10H2,1-2H3. The number of likely N-dealkylation sites (N-methyl/N-ethyl adjacent to an activating group) is 1. The number of hydrogen-bond acceptors (Lipinski definition) is 4. The first-order chi connectivity index (χ1) is 6.63. The Hall–Kier alpha value is -0.940. The molecule has 0 aliphatic heterocycles. The Balaban J connectivity index is 2.55. The van der Waals surface area contributed by atoms with Gasteiger partial charge in [0.2, 0.25) is 5.91 Å². The third-order valence-corrected chi connectivity index (χ3v) is 2.70. The third kappa shape index (κ3) is 3.08. The number of aromatic nitrogens is 1.